The Labute approximate surface area is 346 Å². The second-order valence-electron chi connectivity index (χ2n) is 14.9. The molecule has 13 nitrogen and oxygen atoms in total. The molecule has 1 N–H and O–H groups in total. The molecule has 3 aromatic carbocycles. The van der Waals surface area contributed by atoms with E-state index < -0.39 is 0 Å². The number of fused-ring (bicyclic) bond motifs is 1. The highest BCUT2D eigenvalue weighted by atomic mass is 32.1. The van der Waals surface area contributed by atoms with Gasteiger partial charge in [-0.3, -0.25) is 0 Å². The van der Waals surface area contributed by atoms with E-state index in [0.717, 1.165) is 95.7 Å². The van der Waals surface area contributed by atoms with Crippen LogP contribution in [0.1, 0.15) is 29.2 Å². The smallest absolute Gasteiger partial charge is 0.228 e. The number of rotatable bonds is 12. The van der Waals surface area contributed by atoms with Gasteiger partial charge in [0.05, 0.1) is 33.1 Å². The van der Waals surface area contributed by atoms with Gasteiger partial charge in [-0.2, -0.15) is 4.98 Å². The molecule has 8 rings (SSSR count). The Hall–Kier alpha value is -5.57. The van der Waals surface area contributed by atoms with E-state index in [4.69, 9.17) is 46.4 Å². The summed E-state index contributed by atoms with van der Waals surface area (Å²) in [5.74, 6) is 3.72. The van der Waals surface area contributed by atoms with Crippen LogP contribution in [0.5, 0.6) is 11.5 Å². The number of aromatic nitrogens is 4. The van der Waals surface area contributed by atoms with Crippen molar-refractivity contribution in [3.8, 4) is 22.8 Å². The van der Waals surface area contributed by atoms with Crippen LogP contribution in [0.2, 0.25) is 0 Å². The Morgan fingerprint density at radius 3 is 2.02 bits per heavy atom. The summed E-state index contributed by atoms with van der Waals surface area (Å²) in [7, 11) is 3.35. The number of piperazine rings is 1. The van der Waals surface area contributed by atoms with Gasteiger partial charge >= 0.3 is 0 Å². The number of nitrogens with zero attached hydrogens (tertiary/aromatic N) is 9. The molecule has 3 aliphatic rings. The highest BCUT2D eigenvalue weighted by Gasteiger charge is 2.31. The Balaban J connectivity index is 1.06. The zero-order valence-corrected chi connectivity index (χ0v) is 34.7. The first-order valence-electron chi connectivity index (χ1n) is 20.1. The summed E-state index contributed by atoms with van der Waals surface area (Å²) < 4.78 is 16.5. The Kier molecular flexibility index (Phi) is 12.1. The molecular formula is C44H52N10O3S. The SMILES string of the molecule is CCN1CCN(c2ccc(NC(=S)N3CCc4c(-c5cnc(N(Cc6ccc(OC)cc6)Cc6ccc(OC)cc6)nc5)nc(N5CCOCC5)nc43)c(C)c2)CC1. The number of thiocarbonyl (C=S) groups is 1. The van der Waals surface area contributed by atoms with Crippen LogP contribution in [0.3, 0.4) is 0 Å². The Bertz CT molecular complexity index is 2130. The molecular weight excluding hydrogens is 749 g/mol. The van der Waals surface area contributed by atoms with E-state index in [2.05, 4.69) is 86.1 Å². The van der Waals surface area contributed by atoms with Crippen LogP contribution in [0.15, 0.2) is 79.1 Å². The molecule has 2 saturated heterocycles. The summed E-state index contributed by atoms with van der Waals surface area (Å²) in [6.07, 6.45) is 4.51. The largest absolute Gasteiger partial charge is 0.497 e. The summed E-state index contributed by atoms with van der Waals surface area (Å²) in [6, 6.07) is 22.8. The molecule has 2 aromatic heterocycles. The van der Waals surface area contributed by atoms with Crippen molar-refractivity contribution in [2.24, 2.45) is 0 Å². The number of anilines is 5. The normalized spacial score (nSPS) is 15.6. The van der Waals surface area contributed by atoms with Crippen LogP contribution in [0, 0.1) is 6.92 Å². The molecule has 0 unspecified atom stereocenters. The molecule has 0 atom stereocenters. The number of benzene rings is 3. The molecule has 0 bridgehead atoms. The van der Waals surface area contributed by atoms with E-state index in [1.165, 1.54) is 5.69 Å². The number of morpholine rings is 1. The summed E-state index contributed by atoms with van der Waals surface area (Å²) in [4.78, 5) is 31.7. The van der Waals surface area contributed by atoms with Crippen LogP contribution in [-0.2, 0) is 24.2 Å². The van der Waals surface area contributed by atoms with Gasteiger partial charge in [0.15, 0.2) is 5.11 Å². The molecule has 2 fully saturated rings. The lowest BCUT2D eigenvalue weighted by molar-refractivity contribution is 0.122. The van der Waals surface area contributed by atoms with Crippen molar-refractivity contribution >= 4 is 46.4 Å². The monoisotopic (exact) mass is 800 g/mol. The molecule has 3 aliphatic heterocycles. The van der Waals surface area contributed by atoms with Crippen LogP contribution < -0.4 is 34.4 Å². The van der Waals surface area contributed by atoms with Crippen molar-refractivity contribution in [3.63, 3.8) is 0 Å². The van der Waals surface area contributed by atoms with Gasteiger partial charge in [-0.25, -0.2) is 15.0 Å². The van der Waals surface area contributed by atoms with Gasteiger partial charge < -0.3 is 44.0 Å². The molecule has 0 spiro atoms. The van der Waals surface area contributed by atoms with Gasteiger partial charge in [-0.15, -0.1) is 0 Å². The van der Waals surface area contributed by atoms with Crippen LogP contribution >= 0.6 is 12.2 Å². The fourth-order valence-electron chi connectivity index (χ4n) is 7.78. The highest BCUT2D eigenvalue weighted by Crippen LogP contribution is 2.37. The third-order valence-electron chi connectivity index (χ3n) is 11.2. The summed E-state index contributed by atoms with van der Waals surface area (Å²) >= 11 is 6.12. The van der Waals surface area contributed by atoms with E-state index >= 15 is 0 Å². The molecule has 5 heterocycles. The maximum Gasteiger partial charge on any atom is 0.228 e. The average molecular weight is 801 g/mol. The second kappa shape index (κ2) is 17.9. The maximum atomic E-state index is 6.12. The van der Waals surface area contributed by atoms with E-state index in [1.807, 2.05) is 36.7 Å². The third-order valence-corrected chi connectivity index (χ3v) is 11.6. The fraction of sp³-hybridized carbons (Fsp3) is 0.386. The van der Waals surface area contributed by atoms with Crippen molar-refractivity contribution in [2.75, 3.05) is 105 Å². The lowest BCUT2D eigenvalue weighted by Gasteiger charge is -2.35. The van der Waals surface area contributed by atoms with E-state index in [-0.39, 0.29) is 0 Å². The van der Waals surface area contributed by atoms with E-state index in [0.29, 0.717) is 62.9 Å². The standard InChI is InChI=1S/C44H52N10O3S/c1-5-50-18-20-51(21-19-50)35-10-15-39(31(2)26-35)47-44(58)54-17-16-38-40(48-43(49-41(38)54)52-22-24-57-25-23-52)34-27-45-42(46-28-34)53(29-32-6-11-36(55-3)12-7-32)30-33-8-13-37(56-4)14-9-33/h6-15,26-28H,5,16-25,29-30H2,1-4H3,(H,47,58). The lowest BCUT2D eigenvalue weighted by Crippen LogP contribution is -2.46. The number of hydrogen-bond donors (Lipinski definition) is 1. The lowest BCUT2D eigenvalue weighted by atomic mass is 10.1. The topological polar surface area (TPSA) is 107 Å². The molecule has 0 radical (unpaired) electrons. The number of methoxy groups -OCH3 is 2. The minimum atomic E-state index is 0.608. The predicted molar refractivity (Wildman–Crippen MR) is 235 cm³/mol. The van der Waals surface area contributed by atoms with Gasteiger partial charge in [-0.05, 0) is 91.3 Å². The average Bonchev–Trinajstić information content (AvgIpc) is 3.72. The molecule has 0 amide bonds. The molecule has 302 valence electrons. The van der Waals surface area contributed by atoms with Crippen molar-refractivity contribution in [2.45, 2.75) is 33.4 Å². The van der Waals surface area contributed by atoms with Crippen molar-refractivity contribution in [1.29, 1.82) is 0 Å². The molecule has 0 aliphatic carbocycles. The minimum Gasteiger partial charge on any atom is -0.497 e. The predicted octanol–water partition coefficient (Wildman–Crippen LogP) is 6.20. The van der Waals surface area contributed by atoms with Gasteiger partial charge in [0, 0.05) is 93.8 Å². The van der Waals surface area contributed by atoms with Gasteiger partial charge in [0.2, 0.25) is 11.9 Å². The molecule has 0 saturated carbocycles. The zero-order valence-electron chi connectivity index (χ0n) is 33.9. The Morgan fingerprint density at radius 2 is 1.43 bits per heavy atom. The fourth-order valence-corrected chi connectivity index (χ4v) is 8.07. The number of ether oxygens (including phenoxy) is 3. The van der Waals surface area contributed by atoms with Gasteiger partial charge in [0.25, 0.3) is 0 Å². The maximum absolute atomic E-state index is 6.12. The van der Waals surface area contributed by atoms with Crippen molar-refractivity contribution in [1.82, 2.24) is 24.8 Å². The summed E-state index contributed by atoms with van der Waals surface area (Å²) in [6.45, 7) is 14.3. The molecule has 14 heteroatoms. The van der Waals surface area contributed by atoms with Gasteiger partial charge in [0.1, 0.15) is 17.3 Å². The number of aryl methyl sites for hydroxylation is 1. The minimum absolute atomic E-state index is 0.608. The first-order valence-corrected chi connectivity index (χ1v) is 20.5. The third kappa shape index (κ3) is 8.79. The number of likely N-dealkylation sites (N-methyl/N-ethyl adjacent to an activating group) is 1. The zero-order chi connectivity index (χ0) is 40.0. The van der Waals surface area contributed by atoms with Gasteiger partial charge in [-0.1, -0.05) is 31.2 Å². The van der Waals surface area contributed by atoms with Crippen LogP contribution in [-0.4, -0.2) is 110 Å². The quantitative estimate of drug-likeness (QED) is 0.145. The number of hydrogen-bond acceptors (Lipinski definition) is 12. The first kappa shape index (κ1) is 39.3. The summed E-state index contributed by atoms with van der Waals surface area (Å²) in [5, 5.41) is 4.18. The van der Waals surface area contributed by atoms with E-state index in [9.17, 15) is 0 Å². The first-order chi connectivity index (χ1) is 28.4. The van der Waals surface area contributed by atoms with Crippen molar-refractivity contribution in [3.05, 3.63) is 101 Å². The van der Waals surface area contributed by atoms with Crippen LogP contribution in [0.25, 0.3) is 11.3 Å². The molecule has 5 aromatic rings. The van der Waals surface area contributed by atoms with E-state index in [1.54, 1.807) is 14.2 Å². The molecule has 58 heavy (non-hydrogen) atoms. The second-order valence-corrected chi connectivity index (χ2v) is 15.2. The Morgan fingerprint density at radius 1 is 0.793 bits per heavy atom. The van der Waals surface area contributed by atoms with Crippen LogP contribution in [0.4, 0.5) is 29.1 Å². The number of nitrogens with one attached hydrogen (secondary N) is 1. The highest BCUT2D eigenvalue weighted by molar-refractivity contribution is 7.80. The summed E-state index contributed by atoms with van der Waals surface area (Å²) in [5.41, 5.74) is 8.32. The van der Waals surface area contributed by atoms with Crippen molar-refractivity contribution < 1.29 is 14.2 Å².